The lowest BCUT2D eigenvalue weighted by Crippen LogP contribution is -2.43. The van der Waals surface area contributed by atoms with Gasteiger partial charge in [-0.25, -0.2) is 9.18 Å². The van der Waals surface area contributed by atoms with E-state index in [0.29, 0.717) is 34.6 Å². The second-order valence-electron chi connectivity index (χ2n) is 8.48. The molecule has 1 aromatic heterocycles. The van der Waals surface area contributed by atoms with E-state index in [1.165, 1.54) is 17.0 Å². The van der Waals surface area contributed by atoms with Crippen LogP contribution in [0.5, 0.6) is 0 Å². The van der Waals surface area contributed by atoms with Gasteiger partial charge in [-0.05, 0) is 70.0 Å². The summed E-state index contributed by atoms with van der Waals surface area (Å²) in [4.78, 5) is 41.6. The summed E-state index contributed by atoms with van der Waals surface area (Å²) in [5, 5.41) is 0.264. The highest BCUT2D eigenvalue weighted by Gasteiger charge is 2.33. The maximum atomic E-state index is 13.9. The molecule has 3 rings (SSSR count). The molecule has 0 saturated carbocycles. The largest absolute Gasteiger partial charge is 0.461 e. The number of Topliss-reactive ketones (excluding diaryl/α,β-unsaturated/α-hetero) is 1. The predicted molar refractivity (Wildman–Crippen MR) is 137 cm³/mol. The van der Waals surface area contributed by atoms with Gasteiger partial charge in [0, 0.05) is 24.3 Å². The van der Waals surface area contributed by atoms with E-state index in [0.717, 1.165) is 0 Å². The summed E-state index contributed by atoms with van der Waals surface area (Å²) >= 11 is 6.31. The van der Waals surface area contributed by atoms with Crippen LogP contribution in [0.1, 0.15) is 68.8 Å². The third kappa shape index (κ3) is 5.36. The van der Waals surface area contributed by atoms with E-state index in [-0.39, 0.29) is 29.5 Å². The number of benzene rings is 2. The van der Waals surface area contributed by atoms with Crippen LogP contribution in [0.3, 0.4) is 0 Å². The van der Waals surface area contributed by atoms with Gasteiger partial charge in [-0.1, -0.05) is 35.9 Å². The Morgan fingerprint density at radius 2 is 1.69 bits per heavy atom. The number of hydrogen-bond acceptors (Lipinski definition) is 4. The van der Waals surface area contributed by atoms with E-state index in [4.69, 9.17) is 16.3 Å². The van der Waals surface area contributed by atoms with Gasteiger partial charge in [0.15, 0.2) is 5.78 Å². The Labute approximate surface area is 215 Å². The van der Waals surface area contributed by atoms with Gasteiger partial charge in [-0.2, -0.15) is 0 Å². The van der Waals surface area contributed by atoms with E-state index in [9.17, 15) is 18.8 Å². The van der Waals surface area contributed by atoms with Gasteiger partial charge in [-0.3, -0.25) is 9.59 Å². The number of carbonyl (C=O) groups excluding carboxylic acids is 3. The fourth-order valence-electron chi connectivity index (χ4n) is 4.43. The van der Waals surface area contributed by atoms with Gasteiger partial charge >= 0.3 is 5.97 Å². The van der Waals surface area contributed by atoms with E-state index in [2.05, 4.69) is 0 Å². The molecule has 6 nitrogen and oxygen atoms in total. The van der Waals surface area contributed by atoms with Crippen molar-refractivity contribution in [1.29, 1.82) is 0 Å². The van der Waals surface area contributed by atoms with Crippen LogP contribution in [0.2, 0.25) is 5.02 Å². The highest BCUT2D eigenvalue weighted by Crippen LogP contribution is 2.27. The molecule has 1 atom stereocenters. The van der Waals surface area contributed by atoms with Crippen LogP contribution in [0.25, 0.3) is 0 Å². The average Bonchev–Trinajstić information content (AvgIpc) is 3.11. The first-order valence-corrected chi connectivity index (χ1v) is 12.2. The van der Waals surface area contributed by atoms with Gasteiger partial charge in [-0.15, -0.1) is 0 Å². The Morgan fingerprint density at radius 1 is 1.06 bits per heavy atom. The molecule has 0 aliphatic carbocycles. The molecule has 0 radical (unpaired) electrons. The van der Waals surface area contributed by atoms with Crippen molar-refractivity contribution in [1.82, 2.24) is 9.47 Å². The maximum Gasteiger partial charge on any atom is 0.355 e. The highest BCUT2D eigenvalue weighted by molar-refractivity contribution is 6.33. The first-order valence-electron chi connectivity index (χ1n) is 11.8. The highest BCUT2D eigenvalue weighted by atomic mass is 35.5. The number of hydrogen-bond donors (Lipinski definition) is 0. The first kappa shape index (κ1) is 27.1. The van der Waals surface area contributed by atoms with Crippen LogP contribution >= 0.6 is 11.6 Å². The summed E-state index contributed by atoms with van der Waals surface area (Å²) in [6.07, 6.45) is 0. The molecule has 2 aromatic carbocycles. The minimum atomic E-state index is -0.904. The van der Waals surface area contributed by atoms with Gasteiger partial charge in [0.25, 0.3) is 5.91 Å². The monoisotopic (exact) mass is 512 g/mol. The molecule has 0 saturated heterocycles. The van der Waals surface area contributed by atoms with Crippen molar-refractivity contribution in [3.05, 3.63) is 93.0 Å². The molecule has 0 aliphatic rings. The normalized spacial score (nSPS) is 11.8. The van der Waals surface area contributed by atoms with Crippen LogP contribution < -0.4 is 0 Å². The Balaban J connectivity index is 2.07. The molecular formula is C28H30ClFN2O4. The Hall–Kier alpha value is -3.45. The molecular weight excluding hydrogens is 483 g/mol. The van der Waals surface area contributed by atoms with Crippen LogP contribution in [-0.2, 0) is 17.8 Å². The fourth-order valence-corrected chi connectivity index (χ4v) is 4.64. The van der Waals surface area contributed by atoms with Crippen LogP contribution in [0.15, 0.2) is 48.5 Å². The smallest absolute Gasteiger partial charge is 0.355 e. The molecule has 1 amide bonds. The number of ether oxygens (including phenoxy) is 1. The van der Waals surface area contributed by atoms with Gasteiger partial charge in [0.1, 0.15) is 11.5 Å². The molecule has 0 aliphatic heterocycles. The lowest BCUT2D eigenvalue weighted by molar-refractivity contribution is 0.0512. The summed E-state index contributed by atoms with van der Waals surface area (Å²) in [5.41, 5.74) is 2.76. The summed E-state index contributed by atoms with van der Waals surface area (Å²) in [7, 11) is 0. The van der Waals surface area contributed by atoms with Crippen molar-refractivity contribution >= 4 is 29.3 Å². The van der Waals surface area contributed by atoms with Gasteiger partial charge in [0.2, 0.25) is 0 Å². The van der Waals surface area contributed by atoms with Gasteiger partial charge < -0.3 is 14.2 Å². The van der Waals surface area contributed by atoms with Crippen LogP contribution in [0.4, 0.5) is 4.39 Å². The number of aromatic nitrogens is 1. The van der Waals surface area contributed by atoms with E-state index in [1.54, 1.807) is 68.7 Å². The third-order valence-electron chi connectivity index (χ3n) is 6.28. The molecule has 1 heterocycles. The summed E-state index contributed by atoms with van der Waals surface area (Å²) < 4.78 is 20.5. The van der Waals surface area contributed by atoms with Crippen molar-refractivity contribution in [2.45, 2.75) is 53.8 Å². The summed E-state index contributed by atoms with van der Waals surface area (Å²) in [6.45, 7) is 9.49. The number of esters is 1. The number of nitrogens with zero attached hydrogens (tertiary/aromatic N) is 2. The van der Waals surface area contributed by atoms with Crippen LogP contribution in [0, 0.1) is 19.7 Å². The maximum absolute atomic E-state index is 13.9. The molecule has 0 unspecified atom stereocenters. The van der Waals surface area contributed by atoms with Gasteiger partial charge in [0.05, 0.1) is 23.2 Å². The average molecular weight is 513 g/mol. The second-order valence-corrected chi connectivity index (χ2v) is 8.89. The van der Waals surface area contributed by atoms with E-state index in [1.807, 2.05) is 6.92 Å². The standard InChI is InChI=1S/C28H30ClFN2O4/c1-6-31-18(4)24(17(3)25(31)28(35)36-7-2)26(33)19(5)32(16-20-12-14-21(30)15-13-20)27(34)22-10-8-9-11-23(22)29/h8-15,19H,6-7,16H2,1-5H3/t19-/m0/s1. The molecule has 8 heteroatoms. The third-order valence-corrected chi connectivity index (χ3v) is 6.61. The number of ketones is 1. The quantitative estimate of drug-likeness (QED) is 0.260. The number of carbonyl (C=O) groups is 3. The summed E-state index contributed by atoms with van der Waals surface area (Å²) in [5.74, 6) is -1.64. The molecule has 0 N–H and O–H groups in total. The predicted octanol–water partition coefficient (Wildman–Crippen LogP) is 6.01. The minimum Gasteiger partial charge on any atom is -0.461 e. The zero-order valence-corrected chi connectivity index (χ0v) is 21.9. The van der Waals surface area contributed by atoms with E-state index < -0.39 is 23.7 Å². The van der Waals surface area contributed by atoms with Crippen molar-refractivity contribution in [2.75, 3.05) is 6.61 Å². The minimum absolute atomic E-state index is 0.0640. The first-order chi connectivity index (χ1) is 17.1. The zero-order chi connectivity index (χ0) is 26.6. The SMILES string of the molecule is CCOC(=O)c1c(C)c(C(=O)[C@H](C)N(Cc2ccc(F)cc2)C(=O)c2ccccc2Cl)c(C)n1CC. The molecule has 3 aromatic rings. The molecule has 0 spiro atoms. The lowest BCUT2D eigenvalue weighted by Gasteiger charge is -2.29. The topological polar surface area (TPSA) is 68.6 Å². The molecule has 0 fully saturated rings. The number of amides is 1. The molecule has 36 heavy (non-hydrogen) atoms. The Morgan fingerprint density at radius 3 is 2.28 bits per heavy atom. The second kappa shape index (κ2) is 11.5. The van der Waals surface area contributed by atoms with E-state index >= 15 is 0 Å². The Bertz CT molecular complexity index is 1280. The number of rotatable bonds is 9. The molecule has 0 bridgehead atoms. The summed E-state index contributed by atoms with van der Waals surface area (Å²) in [6, 6.07) is 11.5. The number of halogens is 2. The van der Waals surface area contributed by atoms with Crippen molar-refractivity contribution in [3.8, 4) is 0 Å². The lowest BCUT2D eigenvalue weighted by atomic mass is 9.98. The Kier molecular flexibility index (Phi) is 8.69. The van der Waals surface area contributed by atoms with Crippen molar-refractivity contribution in [3.63, 3.8) is 0 Å². The van der Waals surface area contributed by atoms with Crippen molar-refractivity contribution in [2.24, 2.45) is 0 Å². The molecule has 190 valence electrons. The van der Waals surface area contributed by atoms with Crippen molar-refractivity contribution < 1.29 is 23.5 Å². The van der Waals surface area contributed by atoms with Crippen LogP contribution in [-0.4, -0.2) is 39.8 Å². The zero-order valence-electron chi connectivity index (χ0n) is 21.1. The fraction of sp³-hybridized carbons (Fsp3) is 0.321.